The molecule has 214 valence electrons. The zero-order valence-corrected chi connectivity index (χ0v) is 21.2. The summed E-state index contributed by atoms with van der Waals surface area (Å²) in [6, 6.07) is 19.5. The van der Waals surface area contributed by atoms with Gasteiger partial charge < -0.3 is 9.84 Å². The molecule has 0 aliphatic rings. The predicted octanol–water partition coefficient (Wildman–Crippen LogP) is 7.31. The molecule has 0 fully saturated rings. The lowest BCUT2D eigenvalue weighted by atomic mass is 10.0. The third-order valence-corrected chi connectivity index (χ3v) is 6.13. The van der Waals surface area contributed by atoms with Crippen LogP contribution in [0.5, 0.6) is 5.88 Å². The minimum Gasteiger partial charge on any atom is -0.478 e. The second-order valence-electron chi connectivity index (χ2n) is 8.93. The lowest BCUT2D eigenvalue weighted by Crippen LogP contribution is -2.12. The zero-order valence-electron chi connectivity index (χ0n) is 21.2. The van der Waals surface area contributed by atoms with Crippen LogP contribution < -0.4 is 4.74 Å². The molecule has 0 radical (unpaired) electrons. The Bertz CT molecular complexity index is 1730. The Morgan fingerprint density at radius 3 is 2.17 bits per heavy atom. The number of aromatic carboxylic acids is 1. The number of pyridine rings is 2. The van der Waals surface area contributed by atoms with Gasteiger partial charge in [0.15, 0.2) is 11.5 Å². The highest BCUT2D eigenvalue weighted by molar-refractivity contribution is 5.89. The smallest absolute Gasteiger partial charge is 0.436 e. The second kappa shape index (κ2) is 11.0. The highest BCUT2D eigenvalue weighted by Gasteiger charge is 2.39. The normalized spacial score (nSPS) is 11.9. The van der Waals surface area contributed by atoms with Crippen molar-refractivity contribution in [2.45, 2.75) is 19.0 Å². The van der Waals surface area contributed by atoms with Crippen LogP contribution in [0.25, 0.3) is 28.2 Å². The summed E-state index contributed by atoms with van der Waals surface area (Å²) in [5.74, 6) is -1.55. The van der Waals surface area contributed by atoms with Gasteiger partial charge in [0.1, 0.15) is 12.2 Å². The van der Waals surface area contributed by atoms with Crippen LogP contribution in [0.2, 0.25) is 0 Å². The molecule has 0 saturated heterocycles. The predicted molar refractivity (Wildman–Crippen MR) is 138 cm³/mol. The first-order chi connectivity index (χ1) is 19.9. The van der Waals surface area contributed by atoms with Gasteiger partial charge >= 0.3 is 18.3 Å². The van der Waals surface area contributed by atoms with Crippen LogP contribution in [-0.2, 0) is 19.0 Å². The number of hydrogen-bond acceptors (Lipinski definition) is 5. The Labute approximate surface area is 233 Å². The number of carboxylic acids is 1. The molecule has 42 heavy (non-hydrogen) atoms. The summed E-state index contributed by atoms with van der Waals surface area (Å²) in [5.41, 5.74) is -0.505. The number of benzene rings is 2. The molecule has 0 unspecified atom stereocenters. The molecule has 2 aromatic carbocycles. The van der Waals surface area contributed by atoms with Crippen molar-refractivity contribution in [2.75, 3.05) is 0 Å². The van der Waals surface area contributed by atoms with Crippen LogP contribution in [0.1, 0.15) is 27.2 Å². The molecule has 7 nitrogen and oxygen atoms in total. The molecule has 5 aromatic rings. The highest BCUT2D eigenvalue weighted by atomic mass is 19.4. The topological polar surface area (TPSA) is 90.1 Å². The summed E-state index contributed by atoms with van der Waals surface area (Å²) >= 11 is 0. The molecule has 3 aromatic heterocycles. The number of hydrogen-bond donors (Lipinski definition) is 1. The van der Waals surface area contributed by atoms with Crippen molar-refractivity contribution in [3.63, 3.8) is 0 Å². The van der Waals surface area contributed by atoms with Crippen LogP contribution in [-0.4, -0.2) is 30.8 Å². The summed E-state index contributed by atoms with van der Waals surface area (Å²) in [7, 11) is 0. The first kappa shape index (κ1) is 28.3. The Hall–Kier alpha value is -5.20. The molecule has 0 bridgehead atoms. The third kappa shape index (κ3) is 6.09. The molecule has 0 aliphatic carbocycles. The number of alkyl halides is 6. The van der Waals surface area contributed by atoms with Crippen molar-refractivity contribution >= 4 is 5.97 Å². The summed E-state index contributed by atoms with van der Waals surface area (Å²) in [6.45, 7) is 0.0395. The number of aromatic nitrogens is 4. The summed E-state index contributed by atoms with van der Waals surface area (Å²) in [5, 5.41) is 12.6. The number of carbonyl (C=O) groups is 1. The molecular formula is C29H18F6N4O3. The molecule has 3 heterocycles. The van der Waals surface area contributed by atoms with E-state index in [1.165, 1.54) is 24.4 Å². The number of nitrogens with zero attached hydrogens (tertiary/aromatic N) is 4. The largest absolute Gasteiger partial charge is 0.478 e. The summed E-state index contributed by atoms with van der Waals surface area (Å²) in [4.78, 5) is 20.0. The number of carboxylic acid groups (broad SMARTS) is 1. The lowest BCUT2D eigenvalue weighted by Gasteiger charge is -2.12. The molecule has 0 aliphatic heterocycles. The van der Waals surface area contributed by atoms with Crippen molar-refractivity contribution in [3.05, 3.63) is 114 Å². The number of rotatable bonds is 7. The maximum absolute atomic E-state index is 13.3. The Balaban J connectivity index is 1.35. The fourth-order valence-corrected chi connectivity index (χ4v) is 4.09. The molecule has 0 spiro atoms. The monoisotopic (exact) mass is 584 g/mol. The van der Waals surface area contributed by atoms with Gasteiger partial charge in [0, 0.05) is 29.6 Å². The van der Waals surface area contributed by atoms with Crippen molar-refractivity contribution in [3.8, 4) is 34.1 Å². The molecule has 1 N–H and O–H groups in total. The standard InChI is InChI=1S/C29H18F6N4O3/c30-28(31,32)20-11-8-17(9-12-20)18-10-13-25(36-14-18)42-16-19-4-1-2-5-21(19)23-6-3-7-24(37-23)39-15-22(27(40)41)26(38-39)29(33,34)35/h1-15H,16H2,(H,40,41). The van der Waals surface area contributed by atoms with Crippen LogP contribution in [0.15, 0.2) is 91.3 Å². The third-order valence-electron chi connectivity index (χ3n) is 6.13. The van der Waals surface area contributed by atoms with E-state index in [2.05, 4.69) is 15.1 Å². The first-order valence-electron chi connectivity index (χ1n) is 12.1. The second-order valence-corrected chi connectivity index (χ2v) is 8.93. The summed E-state index contributed by atoms with van der Waals surface area (Å²) < 4.78 is 85.0. The maximum atomic E-state index is 13.3. The van der Waals surface area contributed by atoms with E-state index in [1.54, 1.807) is 48.5 Å². The van der Waals surface area contributed by atoms with Gasteiger partial charge in [-0.25, -0.2) is 19.4 Å². The molecular weight excluding hydrogens is 566 g/mol. The Morgan fingerprint density at radius 2 is 1.55 bits per heavy atom. The molecule has 0 saturated carbocycles. The lowest BCUT2D eigenvalue weighted by molar-refractivity contribution is -0.142. The van der Waals surface area contributed by atoms with E-state index in [0.29, 0.717) is 27.9 Å². The quantitative estimate of drug-likeness (QED) is 0.202. The van der Waals surface area contributed by atoms with Crippen LogP contribution in [0, 0.1) is 0 Å². The van der Waals surface area contributed by atoms with E-state index in [4.69, 9.17) is 4.74 Å². The van der Waals surface area contributed by atoms with Crippen molar-refractivity contribution < 1.29 is 41.0 Å². The summed E-state index contributed by atoms with van der Waals surface area (Å²) in [6.07, 6.45) is -7.17. The first-order valence-corrected chi connectivity index (χ1v) is 12.1. The molecule has 0 amide bonds. The average molecular weight is 584 g/mol. The number of halogens is 6. The van der Waals surface area contributed by atoms with Crippen molar-refractivity contribution in [1.29, 1.82) is 0 Å². The maximum Gasteiger partial charge on any atom is 0.436 e. The zero-order chi connectivity index (χ0) is 30.1. The molecule has 0 atom stereocenters. The van der Waals surface area contributed by atoms with Gasteiger partial charge in [0.05, 0.1) is 11.3 Å². The van der Waals surface area contributed by atoms with Crippen molar-refractivity contribution in [2.24, 2.45) is 0 Å². The van der Waals surface area contributed by atoms with E-state index < -0.39 is 35.1 Å². The van der Waals surface area contributed by atoms with Crippen LogP contribution >= 0.6 is 0 Å². The van der Waals surface area contributed by atoms with Crippen molar-refractivity contribution in [1.82, 2.24) is 19.7 Å². The van der Waals surface area contributed by atoms with E-state index in [-0.39, 0.29) is 18.3 Å². The highest BCUT2D eigenvalue weighted by Crippen LogP contribution is 2.33. The van der Waals surface area contributed by atoms with E-state index in [9.17, 15) is 36.2 Å². The number of ether oxygens (including phenoxy) is 1. The van der Waals surface area contributed by atoms with Crippen LogP contribution in [0.3, 0.4) is 0 Å². The van der Waals surface area contributed by atoms with E-state index in [1.807, 2.05) is 0 Å². The van der Waals surface area contributed by atoms with E-state index in [0.717, 1.165) is 23.0 Å². The van der Waals surface area contributed by atoms with Gasteiger partial charge in [0.2, 0.25) is 5.88 Å². The SMILES string of the molecule is O=C(O)c1cn(-c2cccc(-c3ccccc3COc3ccc(-c4ccc(C(F)(F)F)cc4)cn3)n2)nc1C(F)(F)F. The van der Waals surface area contributed by atoms with Gasteiger partial charge in [-0.1, -0.05) is 42.5 Å². The van der Waals surface area contributed by atoms with E-state index >= 15 is 0 Å². The average Bonchev–Trinajstić information content (AvgIpc) is 3.44. The van der Waals surface area contributed by atoms with Gasteiger partial charge in [-0.2, -0.15) is 31.4 Å². The van der Waals surface area contributed by atoms with Gasteiger partial charge in [-0.05, 0) is 41.5 Å². The molecule has 5 rings (SSSR count). The van der Waals surface area contributed by atoms with Gasteiger partial charge in [-0.15, -0.1) is 0 Å². The fraction of sp³-hybridized carbons (Fsp3) is 0.103. The van der Waals surface area contributed by atoms with Crippen LogP contribution in [0.4, 0.5) is 26.3 Å². The van der Waals surface area contributed by atoms with Gasteiger partial charge in [-0.3, -0.25) is 0 Å². The van der Waals surface area contributed by atoms with Gasteiger partial charge in [0.25, 0.3) is 0 Å². The minimum atomic E-state index is -4.97. The minimum absolute atomic E-state index is 0.0262. The Morgan fingerprint density at radius 1 is 0.833 bits per heavy atom. The molecule has 13 heteroatoms. The Kier molecular flexibility index (Phi) is 7.42. The fourth-order valence-electron chi connectivity index (χ4n) is 4.09.